The van der Waals surface area contributed by atoms with Gasteiger partial charge in [-0.25, -0.2) is 0 Å². The summed E-state index contributed by atoms with van der Waals surface area (Å²) in [5.74, 6) is 0.190. The van der Waals surface area contributed by atoms with Crippen LogP contribution < -0.4 is 9.64 Å². The Morgan fingerprint density at radius 1 is 1.24 bits per heavy atom. The number of piperazine rings is 1. The molecule has 13 heteroatoms. The number of oxime groups is 1. The predicted octanol–water partition coefficient (Wildman–Crippen LogP) is 3.60. The zero-order chi connectivity index (χ0) is 25.2. The number of rotatable bonds is 6. The maximum Gasteiger partial charge on any atom is 0.432 e. The molecule has 2 unspecified atom stereocenters. The van der Waals surface area contributed by atoms with E-state index in [0.717, 1.165) is 16.3 Å². The fourth-order valence-electron chi connectivity index (χ4n) is 3.93. The number of hydrogen-bond donors (Lipinski definition) is 0. The van der Waals surface area contributed by atoms with Crippen molar-refractivity contribution in [1.29, 1.82) is 0 Å². The van der Waals surface area contributed by atoms with Crippen molar-refractivity contribution >= 4 is 46.2 Å². The summed E-state index contributed by atoms with van der Waals surface area (Å²) in [5.41, 5.74) is 1.14. The van der Waals surface area contributed by atoms with Gasteiger partial charge in [0.1, 0.15) is 24.8 Å². The van der Waals surface area contributed by atoms with Gasteiger partial charge in [-0.15, -0.1) is 11.6 Å². The summed E-state index contributed by atoms with van der Waals surface area (Å²) in [6, 6.07) is 2.82. The molecule has 0 saturated carbocycles. The minimum atomic E-state index is -4.63. The van der Waals surface area contributed by atoms with Crippen LogP contribution in [0.15, 0.2) is 22.4 Å². The van der Waals surface area contributed by atoms with Crippen molar-refractivity contribution in [3.63, 3.8) is 0 Å². The predicted molar refractivity (Wildman–Crippen MR) is 125 cm³/mol. The summed E-state index contributed by atoms with van der Waals surface area (Å²) < 4.78 is 44.6. The third kappa shape index (κ3) is 5.46. The van der Waals surface area contributed by atoms with E-state index in [-0.39, 0.29) is 12.5 Å². The molecule has 0 bridgehead atoms. The molecule has 1 aromatic rings. The number of anilines is 1. The summed E-state index contributed by atoms with van der Waals surface area (Å²) in [7, 11) is 2.98. The number of alkyl halides is 4. The molecule has 2 aliphatic heterocycles. The molecule has 0 aromatic heterocycles. The van der Waals surface area contributed by atoms with Crippen molar-refractivity contribution < 1.29 is 27.5 Å². The van der Waals surface area contributed by atoms with Gasteiger partial charge in [-0.1, -0.05) is 16.8 Å². The Kier molecular flexibility index (Phi) is 8.07. The first kappa shape index (κ1) is 26.2. The summed E-state index contributed by atoms with van der Waals surface area (Å²) in [6.45, 7) is 4.79. The number of halogens is 5. The molecule has 34 heavy (non-hydrogen) atoms. The molecule has 1 fully saturated rings. The molecule has 2 aliphatic rings. The summed E-state index contributed by atoms with van der Waals surface area (Å²) in [6.07, 6.45) is -4.63. The molecule has 0 spiro atoms. The molecular formula is C21H26Cl2F3N5O3. The van der Waals surface area contributed by atoms with E-state index in [9.17, 15) is 18.0 Å². The van der Waals surface area contributed by atoms with Crippen molar-refractivity contribution in [2.24, 2.45) is 10.3 Å². The van der Waals surface area contributed by atoms with Gasteiger partial charge < -0.3 is 19.4 Å². The van der Waals surface area contributed by atoms with Gasteiger partial charge in [0.05, 0.1) is 23.9 Å². The number of ether oxygens (including phenoxy) is 1. The Labute approximate surface area is 205 Å². The van der Waals surface area contributed by atoms with Crippen molar-refractivity contribution in [3.8, 4) is 5.75 Å². The summed E-state index contributed by atoms with van der Waals surface area (Å²) in [4.78, 5) is 21.4. The Morgan fingerprint density at radius 2 is 1.88 bits per heavy atom. The zero-order valence-electron chi connectivity index (χ0n) is 19.2. The highest BCUT2D eigenvalue weighted by atomic mass is 35.5. The SMILES string of the molecule is CO/N=C(\C)c1cc(Cl)c(OC)cc1N1CCN(C(=O)CN2N=C(C(F)(F)F)C(Cl)C2C)CC1. The average molecular weight is 524 g/mol. The highest BCUT2D eigenvalue weighted by molar-refractivity contribution is 6.34. The maximum absolute atomic E-state index is 13.1. The van der Waals surface area contributed by atoms with E-state index in [1.807, 2.05) is 6.07 Å². The smallest absolute Gasteiger partial charge is 0.432 e. The monoisotopic (exact) mass is 523 g/mol. The Morgan fingerprint density at radius 3 is 2.41 bits per heavy atom. The lowest BCUT2D eigenvalue weighted by atomic mass is 10.1. The number of amides is 1. The number of methoxy groups -OCH3 is 1. The van der Waals surface area contributed by atoms with E-state index >= 15 is 0 Å². The van der Waals surface area contributed by atoms with Gasteiger partial charge >= 0.3 is 6.18 Å². The number of benzene rings is 1. The molecule has 1 aromatic carbocycles. The topological polar surface area (TPSA) is 70.0 Å². The van der Waals surface area contributed by atoms with Gasteiger partial charge in [-0.05, 0) is 19.9 Å². The summed E-state index contributed by atoms with van der Waals surface area (Å²) >= 11 is 12.2. The van der Waals surface area contributed by atoms with Crippen LogP contribution in [0.2, 0.25) is 5.02 Å². The molecular weight excluding hydrogens is 498 g/mol. The van der Waals surface area contributed by atoms with E-state index in [2.05, 4.69) is 15.2 Å². The van der Waals surface area contributed by atoms with Gasteiger partial charge in [0.2, 0.25) is 5.91 Å². The van der Waals surface area contributed by atoms with Crippen LogP contribution in [0, 0.1) is 0 Å². The molecule has 188 valence electrons. The van der Waals surface area contributed by atoms with Crippen LogP contribution in [0.3, 0.4) is 0 Å². The number of carbonyl (C=O) groups excluding carboxylic acids is 1. The van der Waals surface area contributed by atoms with Gasteiger partial charge in [-0.3, -0.25) is 9.80 Å². The standard InChI is InChI=1S/C21H26Cl2F3N5O3/c1-12(28-34-4)14-9-15(22)17(33-3)10-16(14)29-5-7-30(8-6-29)18(32)11-31-13(2)19(23)20(27-31)21(24,25)26/h9-10,13,19H,5-8,11H2,1-4H3/b28-12+. The minimum Gasteiger partial charge on any atom is -0.495 e. The van der Waals surface area contributed by atoms with Gasteiger partial charge in [-0.2, -0.15) is 18.3 Å². The molecule has 0 N–H and O–H groups in total. The normalized spacial score (nSPS) is 21.6. The van der Waals surface area contributed by atoms with Crippen LogP contribution in [-0.4, -0.2) is 91.8 Å². The molecule has 2 heterocycles. The second-order valence-corrected chi connectivity index (χ2v) is 8.83. The van der Waals surface area contributed by atoms with Gasteiger partial charge in [0.15, 0.2) is 5.71 Å². The maximum atomic E-state index is 13.1. The quantitative estimate of drug-likeness (QED) is 0.323. The highest BCUT2D eigenvalue weighted by Gasteiger charge is 2.48. The number of hydrazone groups is 1. The lowest BCUT2D eigenvalue weighted by Gasteiger charge is -2.38. The van der Waals surface area contributed by atoms with Crippen molar-refractivity contribution in [1.82, 2.24) is 9.91 Å². The van der Waals surface area contributed by atoms with E-state index in [4.69, 9.17) is 32.8 Å². The Bertz CT molecular complexity index is 981. The fraction of sp³-hybridized carbons (Fsp3) is 0.571. The van der Waals surface area contributed by atoms with E-state index in [0.29, 0.717) is 42.7 Å². The van der Waals surface area contributed by atoms with E-state index in [1.54, 1.807) is 17.9 Å². The molecule has 0 aliphatic carbocycles. The molecule has 8 nitrogen and oxygen atoms in total. The van der Waals surface area contributed by atoms with E-state index in [1.165, 1.54) is 21.1 Å². The largest absolute Gasteiger partial charge is 0.495 e. The molecule has 3 rings (SSSR count). The second-order valence-electron chi connectivity index (χ2n) is 7.95. The molecule has 2 atom stereocenters. The highest BCUT2D eigenvalue weighted by Crippen LogP contribution is 2.35. The van der Waals surface area contributed by atoms with Crippen LogP contribution in [0.4, 0.5) is 18.9 Å². The van der Waals surface area contributed by atoms with Crippen LogP contribution in [0.5, 0.6) is 5.75 Å². The van der Waals surface area contributed by atoms with Crippen LogP contribution in [0.1, 0.15) is 19.4 Å². The number of nitrogens with zero attached hydrogens (tertiary/aromatic N) is 5. The van der Waals surface area contributed by atoms with Crippen LogP contribution >= 0.6 is 23.2 Å². The number of hydrogen-bond acceptors (Lipinski definition) is 7. The fourth-order valence-corrected chi connectivity index (χ4v) is 4.47. The first-order chi connectivity index (χ1) is 16.0. The van der Waals surface area contributed by atoms with E-state index < -0.39 is 23.3 Å². The third-order valence-corrected chi connectivity index (χ3v) is 6.71. The van der Waals surface area contributed by atoms with Crippen molar-refractivity contribution in [2.75, 3.05) is 51.8 Å². The number of carbonyl (C=O) groups is 1. The van der Waals surface area contributed by atoms with Gasteiger partial charge in [0, 0.05) is 43.5 Å². The van der Waals surface area contributed by atoms with Crippen LogP contribution in [0.25, 0.3) is 0 Å². The second kappa shape index (κ2) is 10.5. The minimum absolute atomic E-state index is 0.274. The van der Waals surface area contributed by atoms with Gasteiger partial charge in [0.25, 0.3) is 0 Å². The molecule has 0 radical (unpaired) electrons. The van der Waals surface area contributed by atoms with Crippen molar-refractivity contribution in [2.45, 2.75) is 31.4 Å². The van der Waals surface area contributed by atoms with Crippen LogP contribution in [-0.2, 0) is 9.63 Å². The lowest BCUT2D eigenvalue weighted by molar-refractivity contribution is -0.133. The Hall–Kier alpha value is -2.40. The lowest BCUT2D eigenvalue weighted by Crippen LogP contribution is -2.51. The first-order valence-electron chi connectivity index (χ1n) is 10.5. The van der Waals surface area contributed by atoms with Crippen molar-refractivity contribution in [3.05, 3.63) is 22.7 Å². The average Bonchev–Trinajstić information content (AvgIpc) is 3.08. The first-order valence-corrected chi connectivity index (χ1v) is 11.3. The summed E-state index contributed by atoms with van der Waals surface area (Å²) in [5, 5.41) is 7.80. The third-order valence-electron chi connectivity index (χ3n) is 5.84. The Balaban J connectivity index is 1.71. The zero-order valence-corrected chi connectivity index (χ0v) is 20.7. The molecule has 1 amide bonds. The molecule has 1 saturated heterocycles.